The maximum atomic E-state index is 13.6. The fraction of sp³-hybridized carbons (Fsp3) is 0. The zero-order valence-corrected chi connectivity index (χ0v) is 8.18. The van der Waals surface area contributed by atoms with Gasteiger partial charge in [-0.15, -0.1) is 0 Å². The summed E-state index contributed by atoms with van der Waals surface area (Å²) in [6.07, 6.45) is 0. The van der Waals surface area contributed by atoms with E-state index in [1.165, 1.54) is 24.3 Å². The van der Waals surface area contributed by atoms with Crippen LogP contribution in [0.3, 0.4) is 0 Å². The number of nitrogen functional groups attached to an aromatic ring is 2. The minimum Gasteiger partial charge on any atom is -0.508 e. The summed E-state index contributed by atoms with van der Waals surface area (Å²) in [7, 11) is 0. The lowest BCUT2D eigenvalue weighted by atomic mass is 10.1. The molecule has 1 aromatic carbocycles. The molecule has 82 valence electrons. The largest absolute Gasteiger partial charge is 0.508 e. The summed E-state index contributed by atoms with van der Waals surface area (Å²) in [4.78, 5) is 7.26. The van der Waals surface area contributed by atoms with Gasteiger partial charge in [0, 0.05) is 5.56 Å². The van der Waals surface area contributed by atoms with E-state index in [1.807, 2.05) is 0 Å². The van der Waals surface area contributed by atoms with Gasteiger partial charge in [-0.05, 0) is 24.3 Å². The van der Waals surface area contributed by atoms with Gasteiger partial charge in [0.05, 0.1) is 0 Å². The molecular weight excluding hydrogens is 211 g/mol. The van der Waals surface area contributed by atoms with Crippen LogP contribution in [0.15, 0.2) is 24.3 Å². The lowest BCUT2D eigenvalue weighted by Gasteiger charge is -2.05. The fourth-order valence-corrected chi connectivity index (χ4v) is 1.29. The van der Waals surface area contributed by atoms with E-state index < -0.39 is 5.82 Å². The first-order valence-corrected chi connectivity index (χ1v) is 4.46. The standard InChI is InChI=1S/C10H9FN4O/c11-7-8(14-10(13)15-9(7)12)5-1-3-6(16)4-2-5/h1-4,16H,(H4,12,13,14,15). The molecule has 0 aliphatic carbocycles. The molecule has 0 spiro atoms. The number of hydrogen-bond donors (Lipinski definition) is 3. The van der Waals surface area contributed by atoms with Gasteiger partial charge in [-0.3, -0.25) is 0 Å². The van der Waals surface area contributed by atoms with E-state index in [4.69, 9.17) is 16.6 Å². The molecule has 16 heavy (non-hydrogen) atoms. The number of benzene rings is 1. The summed E-state index contributed by atoms with van der Waals surface area (Å²) in [6, 6.07) is 5.87. The van der Waals surface area contributed by atoms with Gasteiger partial charge < -0.3 is 16.6 Å². The van der Waals surface area contributed by atoms with E-state index in [1.54, 1.807) is 0 Å². The average molecular weight is 220 g/mol. The maximum absolute atomic E-state index is 13.6. The van der Waals surface area contributed by atoms with Gasteiger partial charge >= 0.3 is 0 Å². The monoisotopic (exact) mass is 220 g/mol. The van der Waals surface area contributed by atoms with E-state index in [0.29, 0.717) is 5.56 Å². The van der Waals surface area contributed by atoms with Crippen molar-refractivity contribution < 1.29 is 9.50 Å². The lowest BCUT2D eigenvalue weighted by Crippen LogP contribution is -2.04. The maximum Gasteiger partial charge on any atom is 0.222 e. The minimum atomic E-state index is -0.722. The third-order valence-corrected chi connectivity index (χ3v) is 2.03. The first-order chi connectivity index (χ1) is 7.58. The molecule has 5 nitrogen and oxygen atoms in total. The van der Waals surface area contributed by atoms with E-state index in [2.05, 4.69) is 9.97 Å². The molecule has 0 atom stereocenters. The summed E-state index contributed by atoms with van der Waals surface area (Å²) < 4.78 is 13.6. The predicted molar refractivity (Wildman–Crippen MR) is 57.9 cm³/mol. The highest BCUT2D eigenvalue weighted by atomic mass is 19.1. The van der Waals surface area contributed by atoms with Crippen molar-refractivity contribution in [3.05, 3.63) is 30.1 Å². The van der Waals surface area contributed by atoms with Gasteiger partial charge in [-0.1, -0.05) is 0 Å². The van der Waals surface area contributed by atoms with Crippen molar-refractivity contribution in [3.8, 4) is 17.0 Å². The number of nitrogens with zero attached hydrogens (tertiary/aromatic N) is 2. The van der Waals surface area contributed by atoms with Crippen LogP contribution in [-0.2, 0) is 0 Å². The zero-order chi connectivity index (χ0) is 11.7. The predicted octanol–water partition coefficient (Wildman–Crippen LogP) is 1.15. The minimum absolute atomic E-state index is 0.0185. The van der Waals surface area contributed by atoms with E-state index in [0.717, 1.165) is 0 Å². The van der Waals surface area contributed by atoms with Gasteiger partial charge in [-0.25, -0.2) is 9.37 Å². The molecule has 0 aliphatic heterocycles. The Hall–Kier alpha value is -2.37. The molecule has 6 heteroatoms. The number of hydrogen-bond acceptors (Lipinski definition) is 5. The van der Waals surface area contributed by atoms with Crippen LogP contribution in [-0.4, -0.2) is 15.1 Å². The lowest BCUT2D eigenvalue weighted by molar-refractivity contribution is 0.475. The van der Waals surface area contributed by atoms with Gasteiger partial charge in [0.1, 0.15) is 11.4 Å². The van der Waals surface area contributed by atoms with E-state index in [9.17, 15) is 4.39 Å². The number of phenolic OH excluding ortho intramolecular Hbond substituents is 1. The summed E-state index contributed by atoms with van der Waals surface area (Å²) >= 11 is 0. The van der Waals surface area contributed by atoms with E-state index in [-0.39, 0.29) is 23.2 Å². The van der Waals surface area contributed by atoms with Crippen molar-refractivity contribution in [2.24, 2.45) is 0 Å². The van der Waals surface area contributed by atoms with Gasteiger partial charge in [0.15, 0.2) is 11.6 Å². The molecule has 2 aromatic rings. The Morgan fingerprint density at radius 1 is 1.06 bits per heavy atom. The Bertz CT molecular complexity index is 527. The van der Waals surface area contributed by atoms with E-state index >= 15 is 0 Å². The molecule has 0 saturated heterocycles. The van der Waals surface area contributed by atoms with Crippen molar-refractivity contribution in [3.63, 3.8) is 0 Å². The Morgan fingerprint density at radius 2 is 1.69 bits per heavy atom. The Kier molecular flexibility index (Phi) is 2.32. The van der Waals surface area contributed by atoms with Crippen LogP contribution < -0.4 is 11.5 Å². The number of nitrogens with two attached hydrogens (primary N) is 2. The molecule has 0 radical (unpaired) electrons. The topological polar surface area (TPSA) is 98.0 Å². The summed E-state index contributed by atoms with van der Waals surface area (Å²) in [6.45, 7) is 0. The number of aromatic hydroxyl groups is 1. The van der Waals surface area contributed by atoms with Crippen molar-refractivity contribution in [1.82, 2.24) is 9.97 Å². The normalized spacial score (nSPS) is 10.3. The highest BCUT2D eigenvalue weighted by Gasteiger charge is 2.12. The second-order valence-corrected chi connectivity index (χ2v) is 3.18. The van der Waals surface area contributed by atoms with Crippen LogP contribution in [0, 0.1) is 5.82 Å². The van der Waals surface area contributed by atoms with Crippen molar-refractivity contribution in [2.75, 3.05) is 11.5 Å². The smallest absolute Gasteiger partial charge is 0.222 e. The highest BCUT2D eigenvalue weighted by molar-refractivity contribution is 5.65. The van der Waals surface area contributed by atoms with Crippen molar-refractivity contribution >= 4 is 11.8 Å². The Labute approximate surface area is 90.6 Å². The van der Waals surface area contributed by atoms with Crippen LogP contribution in [0.25, 0.3) is 11.3 Å². The molecule has 0 fully saturated rings. The average Bonchev–Trinajstić information content (AvgIpc) is 2.25. The molecule has 1 aromatic heterocycles. The molecule has 0 bridgehead atoms. The third-order valence-electron chi connectivity index (χ3n) is 2.03. The molecule has 1 heterocycles. The Morgan fingerprint density at radius 3 is 2.31 bits per heavy atom. The molecule has 2 rings (SSSR count). The van der Waals surface area contributed by atoms with Gasteiger partial charge in [-0.2, -0.15) is 4.98 Å². The van der Waals surface area contributed by atoms with Gasteiger partial charge in [0.25, 0.3) is 0 Å². The number of halogens is 1. The number of anilines is 2. The first kappa shape index (κ1) is 10.2. The highest BCUT2D eigenvalue weighted by Crippen LogP contribution is 2.25. The number of phenols is 1. The van der Waals surface area contributed by atoms with Crippen LogP contribution in [0.5, 0.6) is 5.75 Å². The van der Waals surface area contributed by atoms with Crippen molar-refractivity contribution in [1.29, 1.82) is 0 Å². The molecular formula is C10H9FN4O. The SMILES string of the molecule is Nc1nc(N)c(F)c(-c2ccc(O)cc2)n1. The molecule has 0 saturated carbocycles. The quantitative estimate of drug-likeness (QED) is 0.669. The van der Waals surface area contributed by atoms with Gasteiger partial charge in [0.2, 0.25) is 5.95 Å². The number of aromatic nitrogens is 2. The summed E-state index contributed by atoms with van der Waals surface area (Å²) in [5.41, 5.74) is 11.2. The molecule has 0 amide bonds. The van der Waals surface area contributed by atoms with Crippen LogP contribution in [0.4, 0.5) is 16.2 Å². The Balaban J connectivity index is 2.59. The second kappa shape index (κ2) is 3.65. The van der Waals surface area contributed by atoms with Crippen LogP contribution in [0.2, 0.25) is 0 Å². The molecule has 0 aliphatic rings. The summed E-state index contributed by atoms with van der Waals surface area (Å²) in [5, 5.41) is 9.11. The molecule has 5 N–H and O–H groups in total. The summed E-state index contributed by atoms with van der Waals surface area (Å²) in [5.74, 6) is -1.03. The first-order valence-electron chi connectivity index (χ1n) is 4.46. The number of rotatable bonds is 1. The van der Waals surface area contributed by atoms with Crippen LogP contribution in [0.1, 0.15) is 0 Å². The molecule has 0 unspecified atom stereocenters. The third kappa shape index (κ3) is 1.72. The second-order valence-electron chi connectivity index (χ2n) is 3.18. The fourth-order valence-electron chi connectivity index (χ4n) is 1.29. The van der Waals surface area contributed by atoms with Crippen LogP contribution >= 0.6 is 0 Å². The van der Waals surface area contributed by atoms with Crippen molar-refractivity contribution in [2.45, 2.75) is 0 Å². The zero-order valence-electron chi connectivity index (χ0n) is 8.18.